The predicted molar refractivity (Wildman–Crippen MR) is 76.2 cm³/mol. The third-order valence-electron chi connectivity index (χ3n) is 2.32. The summed E-state index contributed by atoms with van der Waals surface area (Å²) in [5.41, 5.74) is 0.703. The maximum absolute atomic E-state index is 6.03. The average Bonchev–Trinajstić information content (AvgIpc) is 2.43. The van der Waals surface area contributed by atoms with Gasteiger partial charge < -0.3 is 9.47 Å². The van der Waals surface area contributed by atoms with E-state index in [1.165, 1.54) is 0 Å². The topological polar surface area (TPSA) is 44.2 Å². The van der Waals surface area contributed by atoms with Crippen LogP contribution in [0, 0.1) is 0 Å². The minimum absolute atomic E-state index is 0.258. The molecule has 0 spiro atoms. The molecule has 6 heteroatoms. The van der Waals surface area contributed by atoms with Gasteiger partial charge in [-0.05, 0) is 28.1 Å². The fourth-order valence-corrected chi connectivity index (χ4v) is 1.97. The summed E-state index contributed by atoms with van der Waals surface area (Å²) >= 11 is 9.36. The standard InChI is InChI=1S/C13H12BrClN2O2/c1-18-7-10-12(14)13(15)17-11(16-10)8-19-9-5-3-2-4-6-9/h2-6H,7-8H2,1H3. The number of methoxy groups -OCH3 is 1. The first-order chi connectivity index (χ1) is 9.20. The molecular weight excluding hydrogens is 332 g/mol. The number of hydrogen-bond acceptors (Lipinski definition) is 4. The van der Waals surface area contributed by atoms with Crippen LogP contribution in [0.1, 0.15) is 11.5 Å². The van der Waals surface area contributed by atoms with Gasteiger partial charge in [0, 0.05) is 7.11 Å². The monoisotopic (exact) mass is 342 g/mol. The smallest absolute Gasteiger partial charge is 0.168 e. The molecule has 1 heterocycles. The third-order valence-corrected chi connectivity index (χ3v) is 3.65. The quantitative estimate of drug-likeness (QED) is 0.778. The van der Waals surface area contributed by atoms with Crippen molar-refractivity contribution in [1.29, 1.82) is 0 Å². The van der Waals surface area contributed by atoms with E-state index in [1.807, 2.05) is 30.3 Å². The largest absolute Gasteiger partial charge is 0.486 e. The summed E-state index contributed by atoms with van der Waals surface area (Å²) in [4.78, 5) is 8.50. The van der Waals surface area contributed by atoms with E-state index < -0.39 is 0 Å². The van der Waals surface area contributed by atoms with Crippen molar-refractivity contribution in [2.45, 2.75) is 13.2 Å². The van der Waals surface area contributed by atoms with Gasteiger partial charge in [0.25, 0.3) is 0 Å². The van der Waals surface area contributed by atoms with E-state index in [0.29, 0.717) is 27.8 Å². The molecular formula is C13H12BrClN2O2. The van der Waals surface area contributed by atoms with Crippen LogP contribution in [-0.2, 0) is 18.0 Å². The van der Waals surface area contributed by atoms with Gasteiger partial charge in [-0.25, -0.2) is 9.97 Å². The van der Waals surface area contributed by atoms with Gasteiger partial charge in [0.1, 0.15) is 17.5 Å². The van der Waals surface area contributed by atoms with Crippen molar-refractivity contribution >= 4 is 27.5 Å². The Kier molecular flexibility index (Phi) is 5.13. The molecule has 0 bridgehead atoms. The minimum atomic E-state index is 0.258. The Morgan fingerprint density at radius 2 is 1.89 bits per heavy atom. The van der Waals surface area contributed by atoms with E-state index in [1.54, 1.807) is 7.11 Å². The van der Waals surface area contributed by atoms with Crippen molar-refractivity contribution in [2.24, 2.45) is 0 Å². The van der Waals surface area contributed by atoms with Crippen molar-refractivity contribution in [1.82, 2.24) is 9.97 Å². The van der Waals surface area contributed by atoms with Gasteiger partial charge in [-0.3, -0.25) is 0 Å². The second kappa shape index (κ2) is 6.84. The first-order valence-corrected chi connectivity index (χ1v) is 6.75. The van der Waals surface area contributed by atoms with E-state index in [2.05, 4.69) is 25.9 Å². The molecule has 0 atom stereocenters. The Morgan fingerprint density at radius 1 is 1.16 bits per heavy atom. The second-order valence-corrected chi connectivity index (χ2v) is 4.88. The van der Waals surface area contributed by atoms with E-state index >= 15 is 0 Å². The number of benzene rings is 1. The molecule has 0 unspecified atom stereocenters. The Bertz CT molecular complexity index is 552. The Balaban J connectivity index is 2.12. The molecule has 0 N–H and O–H groups in total. The Labute approximate surface area is 124 Å². The Hall–Kier alpha value is -1.17. The summed E-state index contributed by atoms with van der Waals surface area (Å²) in [6.45, 7) is 0.620. The van der Waals surface area contributed by atoms with Crippen LogP contribution in [0.3, 0.4) is 0 Å². The van der Waals surface area contributed by atoms with Gasteiger partial charge in [-0.2, -0.15) is 0 Å². The van der Waals surface area contributed by atoms with Crippen LogP contribution in [0.2, 0.25) is 5.15 Å². The van der Waals surface area contributed by atoms with Gasteiger partial charge in [0.05, 0.1) is 16.8 Å². The lowest BCUT2D eigenvalue weighted by molar-refractivity contribution is 0.180. The first kappa shape index (κ1) is 14.2. The highest BCUT2D eigenvalue weighted by Gasteiger charge is 2.11. The zero-order chi connectivity index (χ0) is 13.7. The van der Waals surface area contributed by atoms with E-state index in [4.69, 9.17) is 21.1 Å². The number of rotatable bonds is 5. The highest BCUT2D eigenvalue weighted by Crippen LogP contribution is 2.24. The summed E-state index contributed by atoms with van der Waals surface area (Å²) in [5, 5.41) is 0.355. The van der Waals surface area contributed by atoms with E-state index in [-0.39, 0.29) is 6.61 Å². The fraction of sp³-hybridized carbons (Fsp3) is 0.231. The van der Waals surface area contributed by atoms with Gasteiger partial charge in [0.2, 0.25) is 0 Å². The molecule has 0 fully saturated rings. The lowest BCUT2D eigenvalue weighted by Gasteiger charge is -2.09. The highest BCUT2D eigenvalue weighted by molar-refractivity contribution is 9.10. The van der Waals surface area contributed by atoms with Gasteiger partial charge in [-0.1, -0.05) is 29.8 Å². The molecule has 0 aliphatic heterocycles. The maximum atomic E-state index is 6.03. The summed E-state index contributed by atoms with van der Waals surface area (Å²) < 4.78 is 11.3. The summed E-state index contributed by atoms with van der Waals surface area (Å²) in [5.74, 6) is 1.28. The molecule has 0 saturated carbocycles. The van der Waals surface area contributed by atoms with Crippen molar-refractivity contribution in [2.75, 3.05) is 7.11 Å². The van der Waals surface area contributed by atoms with E-state index in [9.17, 15) is 0 Å². The summed E-state index contributed by atoms with van der Waals surface area (Å²) in [7, 11) is 1.60. The van der Waals surface area contributed by atoms with Crippen LogP contribution < -0.4 is 4.74 Å². The first-order valence-electron chi connectivity index (χ1n) is 5.58. The van der Waals surface area contributed by atoms with Crippen LogP contribution in [0.4, 0.5) is 0 Å². The third kappa shape index (κ3) is 3.89. The van der Waals surface area contributed by atoms with Crippen molar-refractivity contribution in [3.8, 4) is 5.75 Å². The molecule has 2 rings (SSSR count). The molecule has 0 aliphatic carbocycles. The zero-order valence-corrected chi connectivity index (χ0v) is 12.6. The van der Waals surface area contributed by atoms with Crippen LogP contribution >= 0.6 is 27.5 Å². The van der Waals surface area contributed by atoms with Crippen LogP contribution in [0.5, 0.6) is 5.75 Å². The predicted octanol–water partition coefficient (Wildman–Crippen LogP) is 3.62. The second-order valence-electron chi connectivity index (χ2n) is 3.73. The minimum Gasteiger partial charge on any atom is -0.486 e. The summed E-state index contributed by atoms with van der Waals surface area (Å²) in [6, 6.07) is 9.48. The number of nitrogens with zero attached hydrogens (tertiary/aromatic N) is 2. The number of halogens is 2. The lowest BCUT2D eigenvalue weighted by atomic mass is 10.3. The number of hydrogen-bond donors (Lipinski definition) is 0. The zero-order valence-electron chi connectivity index (χ0n) is 10.3. The maximum Gasteiger partial charge on any atom is 0.168 e. The van der Waals surface area contributed by atoms with Gasteiger partial charge >= 0.3 is 0 Å². The average molecular weight is 344 g/mol. The van der Waals surface area contributed by atoms with Gasteiger partial charge in [-0.15, -0.1) is 0 Å². The lowest BCUT2D eigenvalue weighted by Crippen LogP contribution is -2.06. The van der Waals surface area contributed by atoms with Crippen molar-refractivity contribution < 1.29 is 9.47 Å². The number of para-hydroxylation sites is 1. The van der Waals surface area contributed by atoms with Crippen LogP contribution in [-0.4, -0.2) is 17.1 Å². The molecule has 19 heavy (non-hydrogen) atoms. The van der Waals surface area contributed by atoms with Crippen molar-refractivity contribution in [3.05, 3.63) is 51.5 Å². The fourth-order valence-electron chi connectivity index (χ4n) is 1.47. The molecule has 0 aliphatic rings. The number of aromatic nitrogens is 2. The van der Waals surface area contributed by atoms with Crippen LogP contribution in [0.15, 0.2) is 34.8 Å². The molecule has 0 amide bonds. The molecule has 0 saturated heterocycles. The van der Waals surface area contributed by atoms with E-state index in [0.717, 1.165) is 5.75 Å². The molecule has 1 aromatic heterocycles. The highest BCUT2D eigenvalue weighted by atomic mass is 79.9. The molecule has 2 aromatic rings. The summed E-state index contributed by atoms with van der Waals surface area (Å²) in [6.07, 6.45) is 0. The normalized spacial score (nSPS) is 10.5. The molecule has 0 radical (unpaired) electrons. The molecule has 1 aromatic carbocycles. The van der Waals surface area contributed by atoms with Crippen LogP contribution in [0.25, 0.3) is 0 Å². The molecule has 100 valence electrons. The Morgan fingerprint density at radius 3 is 2.58 bits per heavy atom. The van der Waals surface area contributed by atoms with Crippen molar-refractivity contribution in [3.63, 3.8) is 0 Å². The SMILES string of the molecule is COCc1nc(COc2ccccc2)nc(Cl)c1Br. The number of ether oxygens (including phenoxy) is 2. The molecule has 4 nitrogen and oxygen atoms in total. The van der Waals surface area contributed by atoms with Gasteiger partial charge in [0.15, 0.2) is 5.82 Å².